The third-order valence-corrected chi connectivity index (χ3v) is 6.17. The molecular weight excluding hydrogens is 290 g/mol. The molecule has 2 aliphatic rings. The average Bonchev–Trinajstić information content (AvgIpc) is 2.55. The van der Waals surface area contributed by atoms with Crippen LogP contribution >= 0.6 is 11.6 Å². The van der Waals surface area contributed by atoms with Crippen molar-refractivity contribution in [3.63, 3.8) is 0 Å². The molecule has 0 saturated heterocycles. The van der Waals surface area contributed by atoms with Gasteiger partial charge in [0, 0.05) is 19.1 Å². The minimum absolute atomic E-state index is 0.0933. The maximum Gasteiger partial charge on any atom is 0.266 e. The number of hydrogen-bond donors (Lipinski definition) is 0. The zero-order chi connectivity index (χ0) is 14.4. The highest BCUT2D eigenvalue weighted by atomic mass is 35.5. The number of carbonyl (C=O) groups excluding carboxylic acids is 1. The normalized spacial score (nSPS) is 30.2. The molecule has 5 nitrogen and oxygen atoms in total. The Kier molecular flexibility index (Phi) is 3.95. The van der Waals surface area contributed by atoms with Crippen molar-refractivity contribution in [3.05, 3.63) is 10.5 Å². The van der Waals surface area contributed by atoms with Gasteiger partial charge in [-0.15, -0.1) is 11.6 Å². The molecular formula is C12H18ClNO4S. The Morgan fingerprint density at radius 3 is 2.58 bits per heavy atom. The molecule has 108 valence electrons. The third-order valence-electron chi connectivity index (χ3n) is 3.91. The van der Waals surface area contributed by atoms with E-state index in [1.807, 2.05) is 13.8 Å². The van der Waals surface area contributed by atoms with E-state index in [9.17, 15) is 13.2 Å². The molecule has 2 rings (SSSR count). The fourth-order valence-corrected chi connectivity index (χ4v) is 4.93. The standard InChI is InChI=1S/C12H18ClNO4S/c1-7(2)9-4-8(18-3)5-10-11(9)12(15)14(6-13)19(10,16)17/h7-9H,4-6H2,1-3H3. The number of sulfonamides is 1. The third kappa shape index (κ3) is 2.19. The van der Waals surface area contributed by atoms with Gasteiger partial charge in [0.2, 0.25) is 0 Å². The fourth-order valence-electron chi connectivity index (χ4n) is 2.81. The van der Waals surface area contributed by atoms with Gasteiger partial charge < -0.3 is 4.74 Å². The van der Waals surface area contributed by atoms with Gasteiger partial charge in [-0.25, -0.2) is 12.7 Å². The van der Waals surface area contributed by atoms with E-state index in [0.29, 0.717) is 12.0 Å². The molecule has 2 atom stereocenters. The number of alkyl halides is 1. The van der Waals surface area contributed by atoms with Crippen molar-refractivity contribution in [1.29, 1.82) is 0 Å². The molecule has 2 unspecified atom stereocenters. The topological polar surface area (TPSA) is 63.7 Å². The number of hydrogen-bond acceptors (Lipinski definition) is 4. The zero-order valence-electron chi connectivity index (χ0n) is 11.2. The Balaban J connectivity index is 2.54. The van der Waals surface area contributed by atoms with Crippen LogP contribution in [0.1, 0.15) is 26.7 Å². The van der Waals surface area contributed by atoms with Gasteiger partial charge in [-0.2, -0.15) is 0 Å². The van der Waals surface area contributed by atoms with E-state index in [1.165, 1.54) is 0 Å². The van der Waals surface area contributed by atoms with Crippen LogP contribution in [-0.2, 0) is 19.6 Å². The van der Waals surface area contributed by atoms with Crippen molar-refractivity contribution >= 4 is 27.5 Å². The Morgan fingerprint density at radius 2 is 2.11 bits per heavy atom. The summed E-state index contributed by atoms with van der Waals surface area (Å²) in [6.07, 6.45) is 0.768. The first kappa shape index (κ1) is 14.8. The van der Waals surface area contributed by atoms with Gasteiger partial charge in [-0.05, 0) is 18.3 Å². The molecule has 0 bridgehead atoms. The molecule has 0 aromatic carbocycles. The summed E-state index contributed by atoms with van der Waals surface area (Å²) in [4.78, 5) is 12.5. The predicted molar refractivity (Wildman–Crippen MR) is 71.9 cm³/mol. The molecule has 0 saturated carbocycles. The Morgan fingerprint density at radius 1 is 1.47 bits per heavy atom. The summed E-state index contributed by atoms with van der Waals surface area (Å²) in [5, 5.41) is 0. The van der Waals surface area contributed by atoms with Crippen LogP contribution in [0.2, 0.25) is 0 Å². The van der Waals surface area contributed by atoms with Crippen molar-refractivity contribution in [1.82, 2.24) is 4.31 Å². The van der Waals surface area contributed by atoms with Crippen LogP contribution in [0.3, 0.4) is 0 Å². The monoisotopic (exact) mass is 307 g/mol. The maximum atomic E-state index is 12.3. The van der Waals surface area contributed by atoms with Gasteiger partial charge in [-0.3, -0.25) is 4.79 Å². The van der Waals surface area contributed by atoms with Crippen molar-refractivity contribution < 1.29 is 17.9 Å². The largest absolute Gasteiger partial charge is 0.381 e. The van der Waals surface area contributed by atoms with E-state index < -0.39 is 15.9 Å². The summed E-state index contributed by atoms with van der Waals surface area (Å²) in [6.45, 7) is 3.97. The molecule has 1 aliphatic heterocycles. The molecule has 0 aromatic heterocycles. The second kappa shape index (κ2) is 5.07. The summed E-state index contributed by atoms with van der Waals surface area (Å²) in [6, 6.07) is -0.337. The second-order valence-corrected chi connectivity index (χ2v) is 7.39. The van der Waals surface area contributed by atoms with E-state index in [-0.39, 0.29) is 35.3 Å². The average molecular weight is 308 g/mol. The number of nitrogens with zero attached hydrogens (tertiary/aromatic N) is 1. The number of amides is 1. The number of methoxy groups -OCH3 is 1. The molecule has 7 heteroatoms. The van der Waals surface area contributed by atoms with Crippen LogP contribution in [-0.4, -0.2) is 37.8 Å². The van der Waals surface area contributed by atoms with E-state index in [4.69, 9.17) is 16.3 Å². The number of rotatable bonds is 3. The minimum Gasteiger partial charge on any atom is -0.381 e. The molecule has 1 aliphatic carbocycles. The van der Waals surface area contributed by atoms with E-state index >= 15 is 0 Å². The van der Waals surface area contributed by atoms with Gasteiger partial charge in [-0.1, -0.05) is 13.8 Å². The first-order valence-electron chi connectivity index (χ1n) is 6.23. The quantitative estimate of drug-likeness (QED) is 0.588. The highest BCUT2D eigenvalue weighted by molar-refractivity contribution is 7.94. The fraction of sp³-hybridized carbons (Fsp3) is 0.750. The van der Waals surface area contributed by atoms with E-state index in [1.54, 1.807) is 7.11 Å². The van der Waals surface area contributed by atoms with Gasteiger partial charge in [0.1, 0.15) is 6.00 Å². The van der Waals surface area contributed by atoms with Crippen molar-refractivity contribution in [2.24, 2.45) is 11.8 Å². The molecule has 1 heterocycles. The SMILES string of the molecule is COC1CC2=C(C(=O)N(CCl)S2(=O)=O)C(C(C)C)C1. The first-order chi connectivity index (χ1) is 8.84. The molecule has 0 N–H and O–H groups in total. The summed E-state index contributed by atoms with van der Waals surface area (Å²) in [5.74, 6) is -0.375. The second-order valence-electron chi connectivity index (χ2n) is 5.26. The summed E-state index contributed by atoms with van der Waals surface area (Å²) in [5.41, 5.74) is 0.420. The first-order valence-corrected chi connectivity index (χ1v) is 8.20. The van der Waals surface area contributed by atoms with Gasteiger partial charge in [0.15, 0.2) is 0 Å². The van der Waals surface area contributed by atoms with Crippen LogP contribution in [0, 0.1) is 11.8 Å². The number of ether oxygens (including phenoxy) is 1. The molecule has 0 radical (unpaired) electrons. The lowest BCUT2D eigenvalue weighted by atomic mass is 9.78. The van der Waals surface area contributed by atoms with Crippen LogP contribution in [0.5, 0.6) is 0 Å². The number of halogens is 1. The van der Waals surface area contributed by atoms with Crippen LogP contribution < -0.4 is 0 Å². The maximum absolute atomic E-state index is 12.3. The van der Waals surface area contributed by atoms with Crippen LogP contribution in [0.4, 0.5) is 0 Å². The van der Waals surface area contributed by atoms with Crippen molar-refractivity contribution in [3.8, 4) is 0 Å². The van der Waals surface area contributed by atoms with E-state index in [0.717, 1.165) is 4.31 Å². The predicted octanol–water partition coefficient (Wildman–Crippen LogP) is 1.69. The Hall–Kier alpha value is -0.590. The number of carbonyl (C=O) groups is 1. The Labute approximate surface area is 118 Å². The van der Waals surface area contributed by atoms with Crippen LogP contribution in [0.15, 0.2) is 10.5 Å². The molecule has 0 fully saturated rings. The summed E-state index contributed by atoms with van der Waals surface area (Å²) >= 11 is 5.62. The minimum atomic E-state index is -3.75. The van der Waals surface area contributed by atoms with Crippen molar-refractivity contribution in [2.45, 2.75) is 32.8 Å². The zero-order valence-corrected chi connectivity index (χ0v) is 12.8. The molecule has 0 spiro atoms. The highest BCUT2D eigenvalue weighted by Crippen LogP contribution is 2.44. The van der Waals surface area contributed by atoms with Crippen LogP contribution in [0.25, 0.3) is 0 Å². The molecule has 0 aromatic rings. The van der Waals surface area contributed by atoms with E-state index in [2.05, 4.69) is 0 Å². The molecule has 19 heavy (non-hydrogen) atoms. The lowest BCUT2D eigenvalue weighted by Gasteiger charge is -2.30. The van der Waals surface area contributed by atoms with Crippen molar-refractivity contribution in [2.75, 3.05) is 13.1 Å². The summed E-state index contributed by atoms with van der Waals surface area (Å²) in [7, 11) is -2.18. The molecule has 1 amide bonds. The summed E-state index contributed by atoms with van der Waals surface area (Å²) < 4.78 is 30.7. The smallest absolute Gasteiger partial charge is 0.266 e. The van der Waals surface area contributed by atoms with Gasteiger partial charge in [0.25, 0.3) is 15.9 Å². The lowest BCUT2D eigenvalue weighted by Crippen LogP contribution is -2.31. The van der Waals surface area contributed by atoms with Gasteiger partial charge >= 0.3 is 0 Å². The lowest BCUT2D eigenvalue weighted by molar-refractivity contribution is -0.122. The van der Waals surface area contributed by atoms with Gasteiger partial charge in [0.05, 0.1) is 11.0 Å². The Bertz CT molecular complexity index is 526. The highest BCUT2D eigenvalue weighted by Gasteiger charge is 2.49.